The molecule has 10 heteroatoms. The molecule has 0 aliphatic heterocycles. The Morgan fingerprint density at radius 1 is 1.00 bits per heavy atom. The van der Waals surface area contributed by atoms with Crippen molar-refractivity contribution in [2.75, 3.05) is 24.5 Å². The molecular weight excluding hydrogens is 562 g/mol. The number of nitrogens with one attached hydrogen (secondary N) is 1. The van der Waals surface area contributed by atoms with E-state index in [2.05, 4.69) is 5.32 Å². The fourth-order valence-electron chi connectivity index (χ4n) is 4.38. The number of hydrogen-bond donors (Lipinski definition) is 1. The van der Waals surface area contributed by atoms with Gasteiger partial charge >= 0.3 is 0 Å². The molecule has 8 nitrogen and oxygen atoms in total. The number of methoxy groups -OCH3 is 1. The molecule has 3 rings (SSSR count). The van der Waals surface area contributed by atoms with Crippen LogP contribution in [-0.4, -0.2) is 51.4 Å². The molecule has 0 saturated heterocycles. The molecular formula is C31H38ClN3O5S. The summed E-state index contributed by atoms with van der Waals surface area (Å²) in [7, 11) is -2.76. The molecule has 0 aliphatic carbocycles. The van der Waals surface area contributed by atoms with E-state index >= 15 is 0 Å². The number of carbonyl (C=O) groups is 2. The maximum Gasteiger partial charge on any atom is 0.264 e. The van der Waals surface area contributed by atoms with Gasteiger partial charge in [0.05, 0.1) is 17.7 Å². The average Bonchev–Trinajstić information content (AvgIpc) is 2.95. The Morgan fingerprint density at radius 2 is 1.66 bits per heavy atom. The molecule has 2 amide bonds. The van der Waals surface area contributed by atoms with Crippen LogP contribution in [0.2, 0.25) is 5.02 Å². The smallest absolute Gasteiger partial charge is 0.264 e. The van der Waals surface area contributed by atoms with Crippen LogP contribution >= 0.6 is 11.6 Å². The number of halogens is 1. The third-order valence-corrected chi connectivity index (χ3v) is 8.72. The Morgan fingerprint density at radius 3 is 2.27 bits per heavy atom. The van der Waals surface area contributed by atoms with Crippen molar-refractivity contribution in [1.82, 2.24) is 10.2 Å². The highest BCUT2D eigenvalue weighted by Gasteiger charge is 2.35. The number of anilines is 1. The fourth-order valence-corrected chi connectivity index (χ4v) is 6.01. The maximum atomic E-state index is 14.2. The third-order valence-electron chi connectivity index (χ3n) is 6.58. The van der Waals surface area contributed by atoms with Crippen LogP contribution in [0, 0.1) is 12.8 Å². The molecule has 220 valence electrons. The molecule has 0 aromatic heterocycles. The summed E-state index contributed by atoms with van der Waals surface area (Å²) in [5.41, 5.74) is 1.65. The minimum absolute atomic E-state index is 0.0238. The molecule has 3 aromatic rings. The van der Waals surface area contributed by atoms with E-state index in [4.69, 9.17) is 16.3 Å². The number of aryl methyl sites for hydroxylation is 1. The molecule has 41 heavy (non-hydrogen) atoms. The molecule has 1 atom stereocenters. The van der Waals surface area contributed by atoms with Crippen molar-refractivity contribution in [3.63, 3.8) is 0 Å². The van der Waals surface area contributed by atoms with E-state index in [-0.39, 0.29) is 29.0 Å². The van der Waals surface area contributed by atoms with E-state index in [9.17, 15) is 18.0 Å². The Hall–Kier alpha value is -3.56. The number of nitrogens with zero attached hydrogens (tertiary/aromatic N) is 2. The van der Waals surface area contributed by atoms with Crippen molar-refractivity contribution < 1.29 is 22.7 Å². The van der Waals surface area contributed by atoms with E-state index < -0.39 is 28.5 Å². The Kier molecular flexibility index (Phi) is 11.2. The summed E-state index contributed by atoms with van der Waals surface area (Å²) in [5.74, 6) is -0.363. The molecule has 0 aliphatic rings. The highest BCUT2D eigenvalue weighted by molar-refractivity contribution is 7.92. The van der Waals surface area contributed by atoms with Crippen molar-refractivity contribution in [2.24, 2.45) is 5.92 Å². The van der Waals surface area contributed by atoms with Crippen LogP contribution in [0.4, 0.5) is 5.69 Å². The summed E-state index contributed by atoms with van der Waals surface area (Å²) in [6.07, 6.45) is 0.319. The highest BCUT2D eigenvalue weighted by atomic mass is 35.5. The summed E-state index contributed by atoms with van der Waals surface area (Å²) in [4.78, 5) is 29.0. The SMILES string of the molecule is CC[C@H](C(=O)NCC(C)C)N(Cc1ccccc1Cl)C(=O)CN(c1cc(C)ccc1OC)S(=O)(=O)c1ccccc1. The van der Waals surface area contributed by atoms with Gasteiger partial charge in [-0.2, -0.15) is 0 Å². The average molecular weight is 600 g/mol. The summed E-state index contributed by atoms with van der Waals surface area (Å²) in [5, 5.41) is 3.36. The normalized spacial score (nSPS) is 12.1. The van der Waals surface area contributed by atoms with Crippen LogP contribution in [0.5, 0.6) is 5.75 Å². The molecule has 0 radical (unpaired) electrons. The van der Waals surface area contributed by atoms with Crippen molar-refractivity contribution in [3.8, 4) is 5.75 Å². The largest absolute Gasteiger partial charge is 0.495 e. The summed E-state index contributed by atoms with van der Waals surface area (Å²) in [6, 6.07) is 19.3. The molecule has 1 N–H and O–H groups in total. The summed E-state index contributed by atoms with van der Waals surface area (Å²) >= 11 is 6.45. The van der Waals surface area contributed by atoms with Gasteiger partial charge in [-0.25, -0.2) is 8.42 Å². The van der Waals surface area contributed by atoms with Crippen molar-refractivity contribution in [1.29, 1.82) is 0 Å². The number of carbonyl (C=O) groups excluding carboxylic acids is 2. The maximum absolute atomic E-state index is 14.2. The van der Waals surface area contributed by atoms with Gasteiger partial charge in [0.25, 0.3) is 10.0 Å². The number of amides is 2. The van der Waals surface area contributed by atoms with Crippen molar-refractivity contribution in [2.45, 2.75) is 51.6 Å². The van der Waals surface area contributed by atoms with Crippen LogP contribution in [0.3, 0.4) is 0 Å². The van der Waals surface area contributed by atoms with Gasteiger partial charge in [0, 0.05) is 18.1 Å². The lowest BCUT2D eigenvalue weighted by molar-refractivity contribution is -0.140. The zero-order chi connectivity index (χ0) is 30.2. The van der Waals surface area contributed by atoms with E-state index in [1.54, 1.807) is 60.7 Å². The van der Waals surface area contributed by atoms with Gasteiger partial charge in [0.2, 0.25) is 11.8 Å². The van der Waals surface area contributed by atoms with Gasteiger partial charge in [0.15, 0.2) is 0 Å². The molecule has 0 fully saturated rings. The van der Waals surface area contributed by atoms with Crippen molar-refractivity contribution >= 4 is 39.1 Å². The van der Waals surface area contributed by atoms with Gasteiger partial charge in [-0.3, -0.25) is 13.9 Å². The predicted octanol–water partition coefficient (Wildman–Crippen LogP) is 5.43. The number of ether oxygens (including phenoxy) is 1. The Labute approximate surface area is 248 Å². The topological polar surface area (TPSA) is 96.0 Å². The van der Waals surface area contributed by atoms with Crippen LogP contribution in [0.25, 0.3) is 0 Å². The molecule has 0 heterocycles. The lowest BCUT2D eigenvalue weighted by atomic mass is 10.1. The second-order valence-corrected chi connectivity index (χ2v) is 12.4. The molecule has 0 saturated carbocycles. The Balaban J connectivity index is 2.11. The van der Waals surface area contributed by atoms with E-state index in [0.717, 1.165) is 9.87 Å². The minimum atomic E-state index is -4.21. The first-order valence-electron chi connectivity index (χ1n) is 13.5. The highest BCUT2D eigenvalue weighted by Crippen LogP contribution is 2.34. The summed E-state index contributed by atoms with van der Waals surface area (Å²) in [6.45, 7) is 7.51. The zero-order valence-electron chi connectivity index (χ0n) is 24.1. The standard InChI is InChI=1S/C31H38ClN3O5S/c1-6-27(31(37)33-19-22(2)3)34(20-24-12-10-11-15-26(24)32)30(36)21-35(28-18-23(4)16-17-29(28)40-5)41(38,39)25-13-8-7-9-14-25/h7-18,22,27H,6,19-21H2,1-5H3,(H,33,37)/t27-/m1/s1. The first-order valence-corrected chi connectivity index (χ1v) is 15.3. The van der Waals surface area contributed by atoms with E-state index in [1.807, 2.05) is 27.7 Å². The second-order valence-electron chi connectivity index (χ2n) is 10.2. The minimum Gasteiger partial charge on any atom is -0.495 e. The lowest BCUT2D eigenvalue weighted by Gasteiger charge is -2.34. The first kappa shape index (κ1) is 32.0. The van der Waals surface area contributed by atoms with Crippen LogP contribution < -0.4 is 14.4 Å². The van der Waals surface area contributed by atoms with Crippen LogP contribution in [-0.2, 0) is 26.2 Å². The second kappa shape index (κ2) is 14.4. The first-order chi connectivity index (χ1) is 19.5. The number of hydrogen-bond acceptors (Lipinski definition) is 5. The summed E-state index contributed by atoms with van der Waals surface area (Å²) < 4.78 is 34.6. The number of benzene rings is 3. The van der Waals surface area contributed by atoms with Crippen molar-refractivity contribution in [3.05, 3.63) is 88.9 Å². The van der Waals surface area contributed by atoms with Gasteiger partial charge in [-0.05, 0) is 60.7 Å². The lowest BCUT2D eigenvalue weighted by Crippen LogP contribution is -2.52. The van der Waals surface area contributed by atoms with Gasteiger partial charge in [0.1, 0.15) is 18.3 Å². The number of rotatable bonds is 13. The Bertz CT molecular complexity index is 1450. The molecule has 0 unspecified atom stereocenters. The van der Waals surface area contributed by atoms with Crippen LogP contribution in [0.1, 0.15) is 38.3 Å². The third kappa shape index (κ3) is 8.01. The van der Waals surface area contributed by atoms with E-state index in [1.165, 1.54) is 24.1 Å². The fraction of sp³-hybridized carbons (Fsp3) is 0.355. The van der Waals surface area contributed by atoms with Crippen LogP contribution in [0.15, 0.2) is 77.7 Å². The monoisotopic (exact) mass is 599 g/mol. The van der Waals surface area contributed by atoms with Gasteiger partial charge in [-0.1, -0.05) is 74.8 Å². The number of sulfonamides is 1. The van der Waals surface area contributed by atoms with Gasteiger partial charge < -0.3 is 15.0 Å². The zero-order valence-corrected chi connectivity index (χ0v) is 25.7. The van der Waals surface area contributed by atoms with Gasteiger partial charge in [-0.15, -0.1) is 0 Å². The molecule has 3 aromatic carbocycles. The van der Waals surface area contributed by atoms with E-state index in [0.29, 0.717) is 29.3 Å². The molecule has 0 spiro atoms. The molecule has 0 bridgehead atoms. The quantitative estimate of drug-likeness (QED) is 0.283. The predicted molar refractivity (Wildman–Crippen MR) is 163 cm³/mol.